The second kappa shape index (κ2) is 6.88. The van der Waals surface area contributed by atoms with Crippen molar-refractivity contribution in [3.63, 3.8) is 0 Å². The molecule has 0 unspecified atom stereocenters. The molecule has 0 amide bonds. The molecule has 4 aromatic heterocycles. The molecule has 0 spiro atoms. The minimum absolute atomic E-state index is 0.0348. The van der Waals surface area contributed by atoms with Gasteiger partial charge >= 0.3 is 0 Å². The molecule has 1 N–H and O–H groups in total. The number of pyridine rings is 1. The highest BCUT2D eigenvalue weighted by Gasteiger charge is 2.35. The van der Waals surface area contributed by atoms with Crippen LogP contribution in [0.5, 0.6) is 5.88 Å². The third-order valence-electron chi connectivity index (χ3n) is 5.51. The zero-order chi connectivity index (χ0) is 21.1. The predicted molar refractivity (Wildman–Crippen MR) is 112 cm³/mol. The molecule has 1 aliphatic heterocycles. The van der Waals surface area contributed by atoms with Gasteiger partial charge in [-0.25, -0.2) is 18.7 Å². The average Bonchev–Trinajstić information content (AvgIpc) is 3.47. The number of fused-ring (bicyclic) bond motifs is 2. The van der Waals surface area contributed by atoms with Crippen LogP contribution in [-0.4, -0.2) is 47.3 Å². The van der Waals surface area contributed by atoms with Gasteiger partial charge in [0.25, 0.3) is 5.88 Å². The summed E-state index contributed by atoms with van der Waals surface area (Å²) in [5, 5.41) is 13.0. The van der Waals surface area contributed by atoms with Crippen LogP contribution in [0.4, 0.5) is 16.0 Å². The molecule has 1 atom stereocenters. The van der Waals surface area contributed by atoms with E-state index in [1.54, 1.807) is 12.4 Å². The maximum absolute atomic E-state index is 14.8. The summed E-state index contributed by atoms with van der Waals surface area (Å²) < 4.78 is 23.9. The molecule has 158 valence electrons. The maximum Gasteiger partial charge on any atom is 0.257 e. The summed E-state index contributed by atoms with van der Waals surface area (Å²) in [6.45, 7) is 1.72. The molecule has 0 saturated heterocycles. The Bertz CT molecular complexity index is 1310. The SMILES string of the molecule is Cc1ncccc1-n1nc2c(c1C1CC1)Nc1ncc3c(Cl)nn(c3n1)C[C@@H](F)CO2. The number of nitrogens with zero attached hydrogens (tertiary/aromatic N) is 7. The first-order valence-electron chi connectivity index (χ1n) is 10.1. The Morgan fingerprint density at radius 3 is 2.94 bits per heavy atom. The summed E-state index contributed by atoms with van der Waals surface area (Å²) in [6, 6.07) is 3.82. The topological polar surface area (TPSA) is 95.6 Å². The lowest BCUT2D eigenvalue weighted by Gasteiger charge is -2.11. The maximum atomic E-state index is 14.8. The summed E-state index contributed by atoms with van der Waals surface area (Å²) >= 11 is 6.18. The van der Waals surface area contributed by atoms with E-state index in [9.17, 15) is 4.39 Å². The van der Waals surface area contributed by atoms with Gasteiger partial charge in [0.05, 0.1) is 29.0 Å². The highest BCUT2D eigenvalue weighted by Crippen LogP contribution is 2.48. The first-order valence-corrected chi connectivity index (χ1v) is 10.4. The third-order valence-corrected chi connectivity index (χ3v) is 5.79. The molecule has 0 radical (unpaired) electrons. The van der Waals surface area contributed by atoms with Crippen LogP contribution in [0.3, 0.4) is 0 Å². The molecule has 4 aromatic rings. The van der Waals surface area contributed by atoms with Crippen LogP contribution in [0.25, 0.3) is 16.7 Å². The number of aryl methyl sites for hydroxylation is 1. The molecule has 0 aromatic carbocycles. The van der Waals surface area contributed by atoms with Crippen LogP contribution in [0.2, 0.25) is 5.15 Å². The Labute approximate surface area is 181 Å². The van der Waals surface area contributed by atoms with E-state index in [0.29, 0.717) is 34.5 Å². The van der Waals surface area contributed by atoms with E-state index in [4.69, 9.17) is 21.4 Å². The molecule has 31 heavy (non-hydrogen) atoms. The third kappa shape index (κ3) is 3.09. The van der Waals surface area contributed by atoms with Gasteiger partial charge in [-0.2, -0.15) is 10.1 Å². The summed E-state index contributed by atoms with van der Waals surface area (Å²) in [5.74, 6) is 0.966. The fourth-order valence-corrected chi connectivity index (χ4v) is 4.10. The number of nitrogens with one attached hydrogen (secondary N) is 1. The van der Waals surface area contributed by atoms with E-state index in [1.807, 2.05) is 23.7 Å². The van der Waals surface area contributed by atoms with Crippen molar-refractivity contribution in [2.24, 2.45) is 0 Å². The second-order valence-corrected chi connectivity index (χ2v) is 8.15. The molecule has 2 aliphatic rings. The minimum Gasteiger partial charge on any atom is -0.472 e. The van der Waals surface area contributed by atoms with Gasteiger partial charge in [0.2, 0.25) is 5.95 Å². The van der Waals surface area contributed by atoms with Crippen molar-refractivity contribution < 1.29 is 9.13 Å². The smallest absolute Gasteiger partial charge is 0.257 e. The second-order valence-electron chi connectivity index (χ2n) is 7.80. The lowest BCUT2D eigenvalue weighted by Crippen LogP contribution is -2.20. The first-order chi connectivity index (χ1) is 15.1. The van der Waals surface area contributed by atoms with Crippen molar-refractivity contribution in [1.82, 2.24) is 34.5 Å². The van der Waals surface area contributed by atoms with Crippen molar-refractivity contribution in [2.75, 3.05) is 11.9 Å². The zero-order valence-electron chi connectivity index (χ0n) is 16.6. The fourth-order valence-electron chi connectivity index (χ4n) is 3.88. The van der Waals surface area contributed by atoms with Crippen LogP contribution in [-0.2, 0) is 6.54 Å². The molecule has 5 heterocycles. The fraction of sp³-hybridized carbons (Fsp3) is 0.350. The standard InChI is InChI=1S/C20H18ClFN8O/c1-10-14(3-2-6-23-10)30-16(11-4-5-11)15-19(28-30)31-9-12(22)8-29-18-13(17(21)27-29)7-24-20(25-15)26-18/h2-3,6-7,11-12H,4-5,8-9H2,1H3,(H,24,25,26)/t12-/m1/s1. The predicted octanol–water partition coefficient (Wildman–Crippen LogP) is 3.72. The Morgan fingerprint density at radius 2 is 2.13 bits per heavy atom. The van der Waals surface area contributed by atoms with Crippen molar-refractivity contribution in [3.05, 3.63) is 41.1 Å². The van der Waals surface area contributed by atoms with Crippen molar-refractivity contribution in [2.45, 2.75) is 38.4 Å². The molecular formula is C20H18ClFN8O. The highest BCUT2D eigenvalue weighted by molar-refractivity contribution is 6.34. The van der Waals surface area contributed by atoms with E-state index < -0.39 is 6.17 Å². The summed E-state index contributed by atoms with van der Waals surface area (Å²) in [4.78, 5) is 13.3. The zero-order valence-corrected chi connectivity index (χ0v) is 17.3. The van der Waals surface area contributed by atoms with Crippen LogP contribution in [0.15, 0.2) is 24.5 Å². The Morgan fingerprint density at radius 1 is 1.26 bits per heavy atom. The van der Waals surface area contributed by atoms with Crippen molar-refractivity contribution >= 4 is 34.3 Å². The average molecular weight is 441 g/mol. The van der Waals surface area contributed by atoms with Gasteiger partial charge in [-0.1, -0.05) is 11.6 Å². The monoisotopic (exact) mass is 440 g/mol. The van der Waals surface area contributed by atoms with Crippen LogP contribution in [0.1, 0.15) is 30.1 Å². The van der Waals surface area contributed by atoms with Gasteiger partial charge in [0.15, 0.2) is 17.0 Å². The van der Waals surface area contributed by atoms with Crippen LogP contribution < -0.4 is 10.1 Å². The number of hydrogen-bond donors (Lipinski definition) is 1. The van der Waals surface area contributed by atoms with Crippen LogP contribution >= 0.6 is 11.6 Å². The largest absolute Gasteiger partial charge is 0.472 e. The van der Waals surface area contributed by atoms with E-state index in [1.165, 1.54) is 4.68 Å². The normalized spacial score (nSPS) is 18.4. The number of aromatic nitrogens is 7. The molecular weight excluding hydrogens is 423 g/mol. The molecule has 6 rings (SSSR count). The molecule has 1 aliphatic carbocycles. The van der Waals surface area contributed by atoms with E-state index >= 15 is 0 Å². The molecule has 2 bridgehead atoms. The van der Waals surface area contributed by atoms with E-state index in [0.717, 1.165) is 29.9 Å². The van der Waals surface area contributed by atoms with Gasteiger partial charge in [-0.3, -0.25) is 4.98 Å². The number of ether oxygens (including phenoxy) is 1. The van der Waals surface area contributed by atoms with Gasteiger partial charge in [-0.05, 0) is 31.9 Å². The molecule has 9 nitrogen and oxygen atoms in total. The number of rotatable bonds is 2. The lowest BCUT2D eigenvalue weighted by atomic mass is 10.2. The molecule has 1 fully saturated rings. The van der Waals surface area contributed by atoms with E-state index in [2.05, 4.69) is 25.4 Å². The van der Waals surface area contributed by atoms with Gasteiger partial charge in [-0.15, -0.1) is 5.10 Å². The summed E-state index contributed by atoms with van der Waals surface area (Å²) in [7, 11) is 0. The Balaban J connectivity index is 1.55. The molecule has 11 heteroatoms. The quantitative estimate of drug-likeness (QED) is 0.507. The number of anilines is 2. The van der Waals surface area contributed by atoms with E-state index in [-0.39, 0.29) is 18.3 Å². The first kappa shape index (κ1) is 18.5. The Hall–Kier alpha value is -3.27. The number of alkyl halides is 1. The molecule has 1 saturated carbocycles. The highest BCUT2D eigenvalue weighted by atomic mass is 35.5. The van der Waals surface area contributed by atoms with Crippen molar-refractivity contribution in [1.29, 1.82) is 0 Å². The minimum atomic E-state index is -1.32. The van der Waals surface area contributed by atoms with Crippen molar-refractivity contribution in [3.8, 4) is 11.6 Å². The lowest BCUT2D eigenvalue weighted by molar-refractivity contribution is 0.171. The number of halogens is 2. The van der Waals surface area contributed by atoms with Crippen LogP contribution in [0, 0.1) is 6.92 Å². The summed E-state index contributed by atoms with van der Waals surface area (Å²) in [6.07, 6.45) is 4.08. The Kier molecular flexibility index (Phi) is 4.10. The van der Waals surface area contributed by atoms with Gasteiger partial charge in [0, 0.05) is 18.3 Å². The van der Waals surface area contributed by atoms with Gasteiger partial charge < -0.3 is 10.1 Å². The number of hydrogen-bond acceptors (Lipinski definition) is 7. The van der Waals surface area contributed by atoms with Gasteiger partial charge in [0.1, 0.15) is 12.3 Å². The summed E-state index contributed by atoms with van der Waals surface area (Å²) in [5.41, 5.74) is 3.77.